The van der Waals surface area contributed by atoms with Crippen molar-refractivity contribution < 1.29 is 9.59 Å². The van der Waals surface area contributed by atoms with Crippen LogP contribution in [-0.4, -0.2) is 66.6 Å². The Morgan fingerprint density at radius 2 is 2.03 bits per heavy atom. The smallest absolute Gasteiger partial charge is 0.255 e. The zero-order chi connectivity index (χ0) is 24.1. The summed E-state index contributed by atoms with van der Waals surface area (Å²) in [6, 6.07) is 5.02. The molecule has 4 N–H and O–H groups in total. The minimum Gasteiger partial charge on any atom is -0.344 e. The van der Waals surface area contributed by atoms with E-state index >= 15 is 0 Å². The van der Waals surface area contributed by atoms with Crippen LogP contribution in [0, 0.1) is 0 Å². The summed E-state index contributed by atoms with van der Waals surface area (Å²) >= 11 is 6.22. The Balaban J connectivity index is 1.48. The lowest BCUT2D eigenvalue weighted by molar-refractivity contribution is -0.137. The molecule has 34 heavy (non-hydrogen) atoms. The maximum atomic E-state index is 13.0. The van der Waals surface area contributed by atoms with Gasteiger partial charge in [0.2, 0.25) is 5.91 Å². The van der Waals surface area contributed by atoms with Crippen LogP contribution in [0.3, 0.4) is 0 Å². The van der Waals surface area contributed by atoms with Gasteiger partial charge in [0.05, 0.1) is 17.3 Å². The molecule has 1 fully saturated rings. The van der Waals surface area contributed by atoms with Gasteiger partial charge in [0, 0.05) is 41.8 Å². The second-order valence-corrected chi connectivity index (χ2v) is 9.34. The number of rotatable bonds is 5. The third kappa shape index (κ3) is 3.78. The third-order valence-electron chi connectivity index (χ3n) is 5.97. The van der Waals surface area contributed by atoms with Crippen LogP contribution < -0.4 is 11.1 Å². The second-order valence-electron chi connectivity index (χ2n) is 8.90. The van der Waals surface area contributed by atoms with E-state index in [2.05, 4.69) is 15.3 Å². The Kier molecular flexibility index (Phi) is 5.49. The molecule has 1 aliphatic heterocycles. The van der Waals surface area contributed by atoms with Crippen LogP contribution in [0.2, 0.25) is 5.02 Å². The SMILES string of the molecule is CC(C)n1nc(-c2cnc3[nH]cc(C(=O)N[C@H](C)C(=O)N4CC(N)C4)c3n2)c2ccc(Cl)cc21. The summed E-state index contributed by atoms with van der Waals surface area (Å²) < 4.78 is 1.89. The van der Waals surface area contributed by atoms with Gasteiger partial charge >= 0.3 is 0 Å². The number of amides is 2. The first-order valence-electron chi connectivity index (χ1n) is 11.1. The number of halogens is 1. The van der Waals surface area contributed by atoms with Crippen molar-refractivity contribution in [3.05, 3.63) is 41.2 Å². The average Bonchev–Trinajstić information content (AvgIpc) is 3.37. The van der Waals surface area contributed by atoms with E-state index in [1.54, 1.807) is 24.2 Å². The highest BCUT2D eigenvalue weighted by molar-refractivity contribution is 6.31. The van der Waals surface area contributed by atoms with Gasteiger partial charge in [-0.25, -0.2) is 9.97 Å². The van der Waals surface area contributed by atoms with Gasteiger partial charge in [-0.3, -0.25) is 14.3 Å². The Hall–Kier alpha value is -3.50. The monoisotopic (exact) mass is 480 g/mol. The first-order chi connectivity index (χ1) is 16.2. The molecule has 176 valence electrons. The van der Waals surface area contributed by atoms with Crippen molar-refractivity contribution >= 4 is 45.5 Å². The molecule has 11 heteroatoms. The van der Waals surface area contributed by atoms with Crippen LogP contribution in [0.1, 0.15) is 37.2 Å². The number of benzene rings is 1. The van der Waals surface area contributed by atoms with Gasteiger partial charge in [0.15, 0.2) is 5.65 Å². The number of nitrogens with zero attached hydrogens (tertiary/aromatic N) is 5. The van der Waals surface area contributed by atoms with E-state index in [0.29, 0.717) is 46.2 Å². The van der Waals surface area contributed by atoms with Crippen LogP contribution in [0.4, 0.5) is 0 Å². The second kappa shape index (κ2) is 8.37. The van der Waals surface area contributed by atoms with E-state index < -0.39 is 11.9 Å². The zero-order valence-electron chi connectivity index (χ0n) is 19.0. The minimum absolute atomic E-state index is 0.000409. The Bertz CT molecular complexity index is 1420. The summed E-state index contributed by atoms with van der Waals surface area (Å²) in [6.45, 7) is 6.74. The number of H-pyrrole nitrogens is 1. The number of hydrogen-bond acceptors (Lipinski definition) is 6. The first kappa shape index (κ1) is 22.3. The van der Waals surface area contributed by atoms with E-state index in [9.17, 15) is 9.59 Å². The highest BCUT2D eigenvalue weighted by Gasteiger charge is 2.31. The lowest BCUT2D eigenvalue weighted by atomic mass is 10.1. The molecule has 0 unspecified atom stereocenters. The molecule has 4 aromatic rings. The zero-order valence-corrected chi connectivity index (χ0v) is 19.8. The Morgan fingerprint density at radius 3 is 2.74 bits per heavy atom. The van der Waals surface area contributed by atoms with Gasteiger partial charge in [-0.1, -0.05) is 11.6 Å². The molecule has 0 aliphatic carbocycles. The number of fused-ring (bicyclic) bond motifs is 2. The van der Waals surface area contributed by atoms with Crippen molar-refractivity contribution in [2.24, 2.45) is 5.73 Å². The molecule has 5 rings (SSSR count). The maximum Gasteiger partial charge on any atom is 0.255 e. The summed E-state index contributed by atoms with van der Waals surface area (Å²) in [6.07, 6.45) is 3.17. The van der Waals surface area contributed by atoms with Gasteiger partial charge in [0.25, 0.3) is 5.91 Å². The van der Waals surface area contributed by atoms with E-state index in [1.807, 2.05) is 36.7 Å². The number of hydrogen-bond donors (Lipinski definition) is 3. The van der Waals surface area contributed by atoms with Crippen LogP contribution in [-0.2, 0) is 4.79 Å². The molecule has 4 heterocycles. The van der Waals surface area contributed by atoms with Crippen LogP contribution in [0.5, 0.6) is 0 Å². The molecule has 1 saturated heterocycles. The van der Waals surface area contributed by atoms with Gasteiger partial charge < -0.3 is 20.9 Å². The molecule has 2 amide bonds. The quantitative estimate of drug-likeness (QED) is 0.401. The molecule has 10 nitrogen and oxygen atoms in total. The van der Waals surface area contributed by atoms with Crippen molar-refractivity contribution in [2.75, 3.05) is 13.1 Å². The normalized spacial score (nSPS) is 15.2. The van der Waals surface area contributed by atoms with Gasteiger partial charge in [-0.2, -0.15) is 5.10 Å². The third-order valence-corrected chi connectivity index (χ3v) is 6.20. The Morgan fingerprint density at radius 1 is 1.26 bits per heavy atom. The van der Waals surface area contributed by atoms with E-state index in [-0.39, 0.29) is 18.0 Å². The molecule has 3 aromatic heterocycles. The van der Waals surface area contributed by atoms with Crippen molar-refractivity contribution in [3.63, 3.8) is 0 Å². The van der Waals surface area contributed by atoms with E-state index in [4.69, 9.17) is 27.4 Å². The summed E-state index contributed by atoms with van der Waals surface area (Å²) in [5.41, 5.74) is 9.02. The van der Waals surface area contributed by atoms with Gasteiger partial charge in [0.1, 0.15) is 22.9 Å². The van der Waals surface area contributed by atoms with E-state index in [0.717, 1.165) is 10.9 Å². The average molecular weight is 481 g/mol. The number of carbonyl (C=O) groups excluding carboxylic acids is 2. The molecule has 0 saturated carbocycles. The molecule has 1 aliphatic rings. The Labute approximate surface area is 200 Å². The standard InChI is InChI=1S/C23H25ClN8O2/c1-11(2)32-18-6-13(24)4-5-15(18)19(30-32)17-8-27-21-20(29-17)16(7-26-21)22(33)28-12(3)23(34)31-9-14(25)10-31/h4-8,11-12,14H,9-10,25H2,1-3H3,(H,26,27)(H,28,33)/t12-/m1/s1. The molecule has 0 bridgehead atoms. The maximum absolute atomic E-state index is 13.0. The number of nitrogens with two attached hydrogens (primary N) is 1. The summed E-state index contributed by atoms with van der Waals surface area (Å²) in [7, 11) is 0. The number of carbonyl (C=O) groups is 2. The highest BCUT2D eigenvalue weighted by atomic mass is 35.5. The topological polar surface area (TPSA) is 135 Å². The fourth-order valence-corrected chi connectivity index (χ4v) is 4.34. The fraction of sp³-hybridized carbons (Fsp3) is 0.348. The number of aromatic nitrogens is 5. The van der Waals surface area contributed by atoms with Gasteiger partial charge in [-0.05, 0) is 39.0 Å². The van der Waals surface area contributed by atoms with Crippen molar-refractivity contribution in [1.82, 2.24) is 34.9 Å². The molecule has 0 radical (unpaired) electrons. The predicted molar refractivity (Wildman–Crippen MR) is 129 cm³/mol. The molecule has 0 spiro atoms. The van der Waals surface area contributed by atoms with Crippen molar-refractivity contribution in [2.45, 2.75) is 38.9 Å². The van der Waals surface area contributed by atoms with Crippen molar-refractivity contribution in [1.29, 1.82) is 0 Å². The predicted octanol–water partition coefficient (Wildman–Crippen LogP) is 2.50. The summed E-state index contributed by atoms with van der Waals surface area (Å²) in [4.78, 5) is 39.3. The first-order valence-corrected chi connectivity index (χ1v) is 11.5. The molecular weight excluding hydrogens is 456 g/mol. The largest absolute Gasteiger partial charge is 0.344 e. The lowest BCUT2D eigenvalue weighted by Crippen LogP contribution is -2.61. The summed E-state index contributed by atoms with van der Waals surface area (Å²) in [5, 5.41) is 9.03. The van der Waals surface area contributed by atoms with Crippen LogP contribution in [0.25, 0.3) is 33.5 Å². The minimum atomic E-state index is -0.684. The lowest BCUT2D eigenvalue weighted by Gasteiger charge is -2.38. The molecule has 1 atom stereocenters. The fourth-order valence-electron chi connectivity index (χ4n) is 4.17. The number of aromatic amines is 1. The van der Waals surface area contributed by atoms with Crippen LogP contribution in [0.15, 0.2) is 30.6 Å². The molecular formula is C23H25ClN8O2. The highest BCUT2D eigenvalue weighted by Crippen LogP contribution is 2.31. The van der Waals surface area contributed by atoms with E-state index in [1.165, 1.54) is 0 Å². The van der Waals surface area contributed by atoms with Crippen LogP contribution >= 0.6 is 11.6 Å². The van der Waals surface area contributed by atoms with Gasteiger partial charge in [-0.15, -0.1) is 0 Å². The summed E-state index contributed by atoms with van der Waals surface area (Å²) in [5.74, 6) is -0.571. The molecule has 1 aromatic carbocycles. The van der Waals surface area contributed by atoms with Crippen molar-refractivity contribution in [3.8, 4) is 11.4 Å². The number of likely N-dealkylation sites (tertiary alicyclic amines) is 1. The number of nitrogens with one attached hydrogen (secondary N) is 2.